The van der Waals surface area contributed by atoms with Crippen molar-refractivity contribution >= 4 is 29.1 Å². The van der Waals surface area contributed by atoms with Crippen molar-refractivity contribution in [3.05, 3.63) is 54.1 Å². The van der Waals surface area contributed by atoms with Crippen molar-refractivity contribution in [2.45, 2.75) is 4.90 Å². The zero-order valence-electron chi connectivity index (χ0n) is 10.3. The van der Waals surface area contributed by atoms with Crippen molar-refractivity contribution in [3.63, 3.8) is 0 Å². The molecule has 2 rings (SSSR count). The summed E-state index contributed by atoms with van der Waals surface area (Å²) in [6.07, 6.45) is 2.01. The van der Waals surface area contributed by atoms with Crippen molar-refractivity contribution in [3.8, 4) is 0 Å². The quantitative estimate of drug-likeness (QED) is 0.657. The fourth-order valence-electron chi connectivity index (χ4n) is 1.44. The summed E-state index contributed by atoms with van der Waals surface area (Å²) >= 11 is 1.67. The predicted octanol–water partition coefficient (Wildman–Crippen LogP) is 4.52. The molecule has 0 spiro atoms. The average Bonchev–Trinajstić information content (AvgIpc) is 2.46. The molecule has 0 aliphatic rings. The molecule has 0 radical (unpaired) electrons. The number of aromatic carboxylic acids is 1. The smallest absolute Gasteiger partial charge is 0.335 e. The van der Waals surface area contributed by atoms with Crippen molar-refractivity contribution in [1.29, 1.82) is 0 Å². The first kappa shape index (κ1) is 13.3. The predicted molar refractivity (Wildman–Crippen MR) is 75.8 cm³/mol. The lowest BCUT2D eigenvalue weighted by Crippen LogP contribution is -1.93. The molecule has 0 heterocycles. The second kappa shape index (κ2) is 6.15. The minimum absolute atomic E-state index is 0.239. The van der Waals surface area contributed by atoms with Crippen molar-refractivity contribution < 1.29 is 9.90 Å². The van der Waals surface area contributed by atoms with Crippen LogP contribution in [-0.4, -0.2) is 17.3 Å². The monoisotopic (exact) mass is 272 g/mol. The Morgan fingerprint density at radius 2 is 1.42 bits per heavy atom. The van der Waals surface area contributed by atoms with Crippen LogP contribution in [-0.2, 0) is 0 Å². The maximum atomic E-state index is 10.7. The largest absolute Gasteiger partial charge is 0.478 e. The molecule has 0 bridgehead atoms. The molecule has 0 fully saturated rings. The number of carboxylic acids is 1. The Balaban J connectivity index is 2.10. The van der Waals surface area contributed by atoms with Crippen molar-refractivity contribution in [1.82, 2.24) is 0 Å². The zero-order chi connectivity index (χ0) is 13.7. The minimum Gasteiger partial charge on any atom is -0.478 e. The van der Waals surface area contributed by atoms with Gasteiger partial charge >= 0.3 is 5.97 Å². The fraction of sp³-hybridized carbons (Fsp3) is 0.0714. The molecule has 0 saturated heterocycles. The number of carbonyl (C=O) groups is 1. The van der Waals surface area contributed by atoms with Gasteiger partial charge in [-0.05, 0) is 54.8 Å². The molecule has 19 heavy (non-hydrogen) atoms. The molecule has 5 heteroatoms. The van der Waals surface area contributed by atoms with Crippen LogP contribution in [0.4, 0.5) is 11.4 Å². The molecule has 0 aromatic heterocycles. The number of azo groups is 1. The third-order valence-corrected chi connectivity index (χ3v) is 3.21. The first-order valence-electron chi connectivity index (χ1n) is 5.58. The Hall–Kier alpha value is -2.14. The van der Waals surface area contributed by atoms with Crippen LogP contribution in [0.25, 0.3) is 0 Å². The number of nitrogens with zero attached hydrogens (tertiary/aromatic N) is 2. The first-order valence-corrected chi connectivity index (χ1v) is 6.80. The van der Waals surface area contributed by atoms with E-state index >= 15 is 0 Å². The van der Waals surface area contributed by atoms with Gasteiger partial charge in [-0.3, -0.25) is 0 Å². The summed E-state index contributed by atoms with van der Waals surface area (Å²) < 4.78 is 0. The van der Waals surface area contributed by atoms with Crippen LogP contribution in [0.5, 0.6) is 0 Å². The van der Waals surface area contributed by atoms with Gasteiger partial charge in [-0.1, -0.05) is 0 Å². The number of hydrogen-bond acceptors (Lipinski definition) is 4. The highest BCUT2D eigenvalue weighted by molar-refractivity contribution is 7.98. The average molecular weight is 272 g/mol. The van der Waals surface area contributed by atoms with E-state index in [0.29, 0.717) is 5.69 Å². The van der Waals surface area contributed by atoms with Crippen molar-refractivity contribution in [2.75, 3.05) is 6.26 Å². The van der Waals surface area contributed by atoms with Gasteiger partial charge in [-0.15, -0.1) is 11.8 Å². The van der Waals surface area contributed by atoms with E-state index in [2.05, 4.69) is 10.2 Å². The second-order valence-electron chi connectivity index (χ2n) is 3.75. The lowest BCUT2D eigenvalue weighted by atomic mass is 10.2. The highest BCUT2D eigenvalue weighted by Gasteiger charge is 2.00. The Labute approximate surface area is 115 Å². The third kappa shape index (κ3) is 3.66. The topological polar surface area (TPSA) is 62.0 Å². The van der Waals surface area contributed by atoms with E-state index in [1.165, 1.54) is 17.0 Å². The normalized spacial score (nSPS) is 10.8. The van der Waals surface area contributed by atoms with Crippen LogP contribution in [0.1, 0.15) is 10.4 Å². The summed E-state index contributed by atoms with van der Waals surface area (Å²) in [5, 5.41) is 16.9. The lowest BCUT2D eigenvalue weighted by molar-refractivity contribution is 0.0697. The van der Waals surface area contributed by atoms with Gasteiger partial charge in [0.1, 0.15) is 0 Å². The van der Waals surface area contributed by atoms with Gasteiger partial charge in [-0.25, -0.2) is 4.79 Å². The summed E-state index contributed by atoms with van der Waals surface area (Å²) in [5.41, 5.74) is 1.63. The van der Waals surface area contributed by atoms with Gasteiger partial charge in [0.25, 0.3) is 0 Å². The number of rotatable bonds is 4. The molecule has 0 unspecified atom stereocenters. The molecule has 2 aromatic rings. The van der Waals surface area contributed by atoms with E-state index < -0.39 is 5.97 Å². The second-order valence-corrected chi connectivity index (χ2v) is 4.63. The van der Waals surface area contributed by atoms with E-state index in [9.17, 15) is 4.79 Å². The Kier molecular flexibility index (Phi) is 4.30. The molecule has 2 aromatic carbocycles. The van der Waals surface area contributed by atoms with E-state index in [-0.39, 0.29) is 5.56 Å². The molecule has 0 aliphatic carbocycles. The Bertz CT molecular complexity index is 592. The third-order valence-electron chi connectivity index (χ3n) is 2.47. The number of carboxylic acid groups (broad SMARTS) is 1. The minimum atomic E-state index is -0.948. The number of benzene rings is 2. The lowest BCUT2D eigenvalue weighted by Gasteiger charge is -1.97. The van der Waals surface area contributed by atoms with E-state index in [1.54, 1.807) is 23.9 Å². The molecular weight excluding hydrogens is 260 g/mol. The van der Waals surface area contributed by atoms with Gasteiger partial charge in [0, 0.05) is 4.90 Å². The number of thioether (sulfide) groups is 1. The highest BCUT2D eigenvalue weighted by atomic mass is 32.2. The molecule has 0 aliphatic heterocycles. The van der Waals surface area contributed by atoms with E-state index in [4.69, 9.17) is 5.11 Å². The van der Waals surface area contributed by atoms with E-state index in [1.807, 2.05) is 30.5 Å². The van der Waals surface area contributed by atoms with Crippen LogP contribution in [0.3, 0.4) is 0 Å². The van der Waals surface area contributed by atoms with Gasteiger partial charge in [-0.2, -0.15) is 10.2 Å². The summed E-state index contributed by atoms with van der Waals surface area (Å²) in [4.78, 5) is 11.9. The van der Waals surface area contributed by atoms with Crippen LogP contribution < -0.4 is 0 Å². The molecular formula is C14H12N2O2S. The van der Waals surface area contributed by atoms with E-state index in [0.717, 1.165) is 5.69 Å². The Morgan fingerprint density at radius 1 is 0.947 bits per heavy atom. The highest BCUT2D eigenvalue weighted by Crippen LogP contribution is 2.22. The van der Waals surface area contributed by atoms with Crippen LogP contribution in [0.2, 0.25) is 0 Å². The summed E-state index contributed by atoms with van der Waals surface area (Å²) in [5.74, 6) is -0.948. The summed E-state index contributed by atoms with van der Waals surface area (Å²) in [6, 6.07) is 14.0. The summed E-state index contributed by atoms with van der Waals surface area (Å²) in [6.45, 7) is 0. The van der Waals surface area contributed by atoms with Gasteiger partial charge in [0.15, 0.2) is 0 Å². The van der Waals surface area contributed by atoms with Crippen molar-refractivity contribution in [2.24, 2.45) is 10.2 Å². The molecule has 0 atom stereocenters. The molecule has 0 saturated carbocycles. The molecule has 0 amide bonds. The fourth-order valence-corrected chi connectivity index (χ4v) is 1.84. The van der Waals surface area contributed by atoms with Crippen LogP contribution in [0.15, 0.2) is 63.7 Å². The van der Waals surface area contributed by atoms with Gasteiger partial charge in [0.05, 0.1) is 16.9 Å². The maximum absolute atomic E-state index is 10.7. The molecule has 1 N–H and O–H groups in total. The molecule has 4 nitrogen and oxygen atoms in total. The molecule has 96 valence electrons. The maximum Gasteiger partial charge on any atom is 0.335 e. The SMILES string of the molecule is CSc1ccc(/N=N/c2ccc(C(=O)O)cc2)cc1. The number of hydrogen-bond donors (Lipinski definition) is 1. The first-order chi connectivity index (χ1) is 9.19. The van der Waals surface area contributed by atoms with Gasteiger partial charge in [0.2, 0.25) is 0 Å². The summed E-state index contributed by atoms with van der Waals surface area (Å²) in [7, 11) is 0. The standard InChI is InChI=1S/C14H12N2O2S/c1-19-13-8-6-12(7-9-13)16-15-11-4-2-10(3-5-11)14(17)18/h2-9H,1H3,(H,17,18)/b16-15+. The van der Waals surface area contributed by atoms with Crippen LogP contribution >= 0.6 is 11.8 Å². The Morgan fingerprint density at radius 3 is 1.84 bits per heavy atom. The van der Waals surface area contributed by atoms with Crippen LogP contribution in [0, 0.1) is 0 Å². The van der Waals surface area contributed by atoms with Gasteiger partial charge < -0.3 is 5.11 Å². The zero-order valence-corrected chi connectivity index (χ0v) is 11.1.